The van der Waals surface area contributed by atoms with Crippen LogP contribution in [-0.4, -0.2) is 49.4 Å². The number of fused-ring (bicyclic) bond motifs is 1. The number of hydrogen-bond donors (Lipinski definition) is 2. The molecule has 1 aliphatic carbocycles. The smallest absolute Gasteiger partial charge is 0.404 e. The van der Waals surface area contributed by atoms with Crippen LogP contribution in [-0.2, 0) is 6.54 Å². The molecule has 34 heavy (non-hydrogen) atoms. The molecule has 0 spiro atoms. The van der Waals surface area contributed by atoms with E-state index in [9.17, 15) is 9.59 Å². The number of benzene rings is 1. The van der Waals surface area contributed by atoms with Crippen molar-refractivity contribution in [3.8, 4) is 0 Å². The molecule has 8 heteroatoms. The number of carbonyl (C=O) groups is 1. The highest BCUT2D eigenvalue weighted by Gasteiger charge is 2.31. The first-order chi connectivity index (χ1) is 16.6. The second-order valence-electron chi connectivity index (χ2n) is 9.11. The zero-order valence-electron chi connectivity index (χ0n) is 19.9. The van der Waals surface area contributed by atoms with E-state index >= 15 is 0 Å². The van der Waals surface area contributed by atoms with E-state index in [1.165, 1.54) is 19.3 Å². The minimum Gasteiger partial charge on any atom is -0.465 e. The lowest BCUT2D eigenvalue weighted by Gasteiger charge is -2.40. The fourth-order valence-corrected chi connectivity index (χ4v) is 5.23. The van der Waals surface area contributed by atoms with E-state index in [1.807, 2.05) is 53.2 Å². The van der Waals surface area contributed by atoms with Gasteiger partial charge in [0, 0.05) is 25.3 Å². The Morgan fingerprint density at radius 3 is 2.65 bits per heavy atom. The van der Waals surface area contributed by atoms with Crippen LogP contribution in [0.25, 0.3) is 5.52 Å². The molecule has 0 aliphatic heterocycles. The number of carboxylic acid groups (broad SMARTS) is 1. The molecule has 0 radical (unpaired) electrons. The van der Waals surface area contributed by atoms with Gasteiger partial charge in [-0.25, -0.2) is 9.31 Å². The lowest BCUT2D eigenvalue weighted by Crippen LogP contribution is -2.44. The largest absolute Gasteiger partial charge is 0.465 e. The maximum absolute atomic E-state index is 13.6. The average Bonchev–Trinajstić information content (AvgIpc) is 3.33. The van der Waals surface area contributed by atoms with Crippen LogP contribution in [0.4, 0.5) is 4.79 Å². The molecular weight excluding hydrogens is 430 g/mol. The molecule has 8 nitrogen and oxygen atoms in total. The van der Waals surface area contributed by atoms with Crippen LogP contribution in [0, 0.1) is 0 Å². The Balaban J connectivity index is 1.73. The van der Waals surface area contributed by atoms with Gasteiger partial charge in [-0.2, -0.15) is 5.10 Å². The number of nitrogens with zero attached hydrogens (tertiary/aromatic N) is 4. The fourth-order valence-electron chi connectivity index (χ4n) is 5.23. The second kappa shape index (κ2) is 11.3. The van der Waals surface area contributed by atoms with Crippen molar-refractivity contribution in [2.24, 2.45) is 0 Å². The van der Waals surface area contributed by atoms with Crippen LogP contribution in [0.2, 0.25) is 0 Å². The third-order valence-corrected chi connectivity index (χ3v) is 6.86. The summed E-state index contributed by atoms with van der Waals surface area (Å²) in [7, 11) is 0. The summed E-state index contributed by atoms with van der Waals surface area (Å²) in [5, 5.41) is 16.4. The first kappa shape index (κ1) is 24.0. The summed E-state index contributed by atoms with van der Waals surface area (Å²) in [6.07, 6.45) is 8.28. The Kier molecular flexibility index (Phi) is 8.00. The lowest BCUT2D eigenvalue weighted by atomic mass is 9.92. The highest BCUT2D eigenvalue weighted by atomic mass is 16.4. The van der Waals surface area contributed by atoms with Gasteiger partial charge in [-0.1, -0.05) is 56.5 Å². The van der Waals surface area contributed by atoms with Gasteiger partial charge in [0.2, 0.25) is 0 Å². The molecule has 1 amide bonds. The molecule has 0 saturated heterocycles. The zero-order valence-corrected chi connectivity index (χ0v) is 19.9. The average molecular weight is 466 g/mol. The van der Waals surface area contributed by atoms with E-state index in [1.54, 1.807) is 4.52 Å². The fraction of sp³-hybridized carbons (Fsp3) is 0.500. The molecule has 3 aromatic rings. The molecule has 4 rings (SSSR count). The van der Waals surface area contributed by atoms with E-state index in [0.717, 1.165) is 37.2 Å². The summed E-state index contributed by atoms with van der Waals surface area (Å²) in [4.78, 5) is 27.0. The van der Waals surface area contributed by atoms with Crippen molar-refractivity contribution in [3.63, 3.8) is 0 Å². The molecule has 2 aromatic heterocycles. The van der Waals surface area contributed by atoms with E-state index in [0.29, 0.717) is 31.1 Å². The molecular formula is C26H35N5O3. The van der Waals surface area contributed by atoms with Crippen LogP contribution in [0.3, 0.4) is 0 Å². The Bertz CT molecular complexity index is 1130. The van der Waals surface area contributed by atoms with Crippen molar-refractivity contribution >= 4 is 11.6 Å². The predicted octanol–water partition coefficient (Wildman–Crippen LogP) is 4.29. The lowest BCUT2D eigenvalue weighted by molar-refractivity contribution is 0.0904. The third-order valence-electron chi connectivity index (χ3n) is 6.86. The van der Waals surface area contributed by atoms with Gasteiger partial charge in [-0.05, 0) is 43.4 Å². The van der Waals surface area contributed by atoms with Gasteiger partial charge in [0.1, 0.15) is 5.52 Å². The van der Waals surface area contributed by atoms with E-state index < -0.39 is 6.09 Å². The molecule has 1 fully saturated rings. The van der Waals surface area contributed by atoms with Crippen molar-refractivity contribution in [1.29, 1.82) is 0 Å². The Morgan fingerprint density at radius 1 is 1.18 bits per heavy atom. The second-order valence-corrected chi connectivity index (χ2v) is 9.11. The number of aromatic nitrogens is 3. The standard InChI is InChI=1S/C26H35N5O3/c1-2-22(29(17-10-16-27-26(33)34)21-13-7-4-8-14-21)24-28-31-18-9-15-23(31)25(32)30(24)19-20-11-5-3-6-12-20/h3,5-6,9,11-12,15,18,21-22,27H,2,4,7-8,10,13-14,16-17,19H2,1H3,(H,33,34). The Morgan fingerprint density at radius 2 is 1.94 bits per heavy atom. The maximum atomic E-state index is 13.6. The van der Waals surface area contributed by atoms with Crippen molar-refractivity contribution in [2.75, 3.05) is 13.1 Å². The number of nitrogens with one attached hydrogen (secondary N) is 1. The number of rotatable bonds is 10. The zero-order chi connectivity index (χ0) is 23.9. The third kappa shape index (κ3) is 5.50. The quantitative estimate of drug-likeness (QED) is 0.436. The van der Waals surface area contributed by atoms with Crippen molar-refractivity contribution in [2.45, 2.75) is 70.5 Å². The molecule has 2 heterocycles. The summed E-state index contributed by atoms with van der Waals surface area (Å²) < 4.78 is 3.54. The molecule has 1 unspecified atom stereocenters. The normalized spacial score (nSPS) is 15.6. The van der Waals surface area contributed by atoms with Gasteiger partial charge in [0.15, 0.2) is 5.82 Å². The summed E-state index contributed by atoms with van der Waals surface area (Å²) in [5.41, 5.74) is 1.60. The summed E-state index contributed by atoms with van der Waals surface area (Å²) >= 11 is 0. The Hall–Kier alpha value is -3.13. The van der Waals surface area contributed by atoms with Gasteiger partial charge < -0.3 is 10.4 Å². The van der Waals surface area contributed by atoms with Crippen LogP contribution in [0.5, 0.6) is 0 Å². The van der Waals surface area contributed by atoms with Crippen molar-refractivity contribution in [3.05, 3.63) is 70.4 Å². The van der Waals surface area contributed by atoms with Gasteiger partial charge in [0.05, 0.1) is 12.6 Å². The van der Waals surface area contributed by atoms with E-state index in [-0.39, 0.29) is 11.6 Å². The number of hydrogen-bond acceptors (Lipinski definition) is 4. The molecule has 0 bridgehead atoms. The van der Waals surface area contributed by atoms with E-state index in [4.69, 9.17) is 10.2 Å². The molecule has 1 atom stereocenters. The van der Waals surface area contributed by atoms with E-state index in [2.05, 4.69) is 17.1 Å². The van der Waals surface area contributed by atoms with Crippen LogP contribution in [0.15, 0.2) is 53.5 Å². The van der Waals surface area contributed by atoms with Crippen molar-refractivity contribution < 1.29 is 9.90 Å². The summed E-state index contributed by atoms with van der Waals surface area (Å²) in [5.74, 6) is 0.775. The molecule has 1 aliphatic rings. The van der Waals surface area contributed by atoms with Crippen LogP contribution >= 0.6 is 0 Å². The minimum atomic E-state index is -0.993. The topological polar surface area (TPSA) is 91.9 Å². The highest BCUT2D eigenvalue weighted by molar-refractivity contribution is 5.64. The monoisotopic (exact) mass is 465 g/mol. The van der Waals surface area contributed by atoms with Crippen molar-refractivity contribution in [1.82, 2.24) is 24.4 Å². The highest BCUT2D eigenvalue weighted by Crippen LogP contribution is 2.31. The Labute approximate surface area is 200 Å². The first-order valence-corrected chi connectivity index (χ1v) is 12.4. The predicted molar refractivity (Wildman–Crippen MR) is 132 cm³/mol. The maximum Gasteiger partial charge on any atom is 0.404 e. The summed E-state index contributed by atoms with van der Waals surface area (Å²) in [6.45, 7) is 3.79. The van der Waals surface area contributed by atoms with Crippen LogP contribution in [0.1, 0.15) is 69.3 Å². The van der Waals surface area contributed by atoms with Gasteiger partial charge in [-0.15, -0.1) is 0 Å². The SMILES string of the molecule is CCC(c1nn2cccc2c(=O)n1Cc1ccccc1)N(CCCNC(=O)O)C1CCCCC1. The van der Waals surface area contributed by atoms with Gasteiger partial charge in [-0.3, -0.25) is 14.3 Å². The molecule has 1 saturated carbocycles. The first-order valence-electron chi connectivity index (χ1n) is 12.4. The van der Waals surface area contributed by atoms with Crippen LogP contribution < -0.4 is 10.9 Å². The molecule has 182 valence electrons. The molecule has 2 N–H and O–H groups in total. The van der Waals surface area contributed by atoms with Gasteiger partial charge in [0.25, 0.3) is 5.56 Å². The molecule has 1 aromatic carbocycles. The number of amides is 1. The van der Waals surface area contributed by atoms with Gasteiger partial charge >= 0.3 is 6.09 Å². The summed E-state index contributed by atoms with van der Waals surface area (Å²) in [6, 6.07) is 14.1. The minimum absolute atomic E-state index is 0.0314.